The fraction of sp³-hybridized carbons (Fsp3) is 0.500. The summed E-state index contributed by atoms with van der Waals surface area (Å²) in [5.41, 5.74) is -0.369. The van der Waals surface area contributed by atoms with E-state index in [2.05, 4.69) is 10.6 Å². The van der Waals surface area contributed by atoms with E-state index < -0.39 is 5.41 Å². The summed E-state index contributed by atoms with van der Waals surface area (Å²) in [4.78, 5) is 24.3. The van der Waals surface area contributed by atoms with Gasteiger partial charge < -0.3 is 10.6 Å². The number of amides is 2. The number of hydrogen-bond acceptors (Lipinski definition) is 2. The summed E-state index contributed by atoms with van der Waals surface area (Å²) < 4.78 is 12.8. The first kappa shape index (κ1) is 17.1. The quantitative estimate of drug-likeness (QED) is 0.791. The molecule has 2 N–H and O–H groups in total. The first-order valence-electron chi connectivity index (χ1n) is 7.11. The minimum atomic E-state index is -1.15. The molecule has 0 heterocycles. The van der Waals surface area contributed by atoms with Crippen molar-refractivity contribution in [2.45, 2.75) is 46.7 Å². The van der Waals surface area contributed by atoms with E-state index in [1.807, 2.05) is 13.8 Å². The van der Waals surface area contributed by atoms with E-state index in [1.54, 1.807) is 26.0 Å². The molecule has 2 amide bonds. The largest absolute Gasteiger partial charge is 0.353 e. The fourth-order valence-corrected chi connectivity index (χ4v) is 1.61. The summed E-state index contributed by atoms with van der Waals surface area (Å²) in [6.45, 7) is 7.30. The number of nitrogens with one attached hydrogen (secondary N) is 2. The minimum Gasteiger partial charge on any atom is -0.353 e. The molecule has 0 aliphatic rings. The number of benzene rings is 1. The topological polar surface area (TPSA) is 58.2 Å². The van der Waals surface area contributed by atoms with Gasteiger partial charge in [0.25, 0.3) is 0 Å². The molecule has 0 aliphatic heterocycles. The van der Waals surface area contributed by atoms with Crippen LogP contribution in [0.1, 0.15) is 39.7 Å². The van der Waals surface area contributed by atoms with Gasteiger partial charge in [0.15, 0.2) is 0 Å². The van der Waals surface area contributed by atoms with Gasteiger partial charge in [-0.2, -0.15) is 0 Å². The molecule has 0 saturated carbocycles. The van der Waals surface area contributed by atoms with E-state index in [0.29, 0.717) is 0 Å². The smallest absolute Gasteiger partial charge is 0.235 e. The van der Waals surface area contributed by atoms with E-state index in [1.165, 1.54) is 12.1 Å². The number of halogens is 1. The second-order valence-corrected chi connectivity index (χ2v) is 5.72. The molecule has 5 heteroatoms. The highest BCUT2D eigenvalue weighted by Crippen LogP contribution is 2.16. The van der Waals surface area contributed by atoms with Crippen LogP contribution < -0.4 is 10.6 Å². The Balaban J connectivity index is 2.60. The lowest BCUT2D eigenvalue weighted by atomic mass is 9.90. The van der Waals surface area contributed by atoms with Gasteiger partial charge in [-0.25, -0.2) is 4.39 Å². The molecule has 1 unspecified atom stereocenters. The molecule has 116 valence electrons. The Hall–Kier alpha value is -1.91. The lowest BCUT2D eigenvalue weighted by Gasteiger charge is -2.24. The van der Waals surface area contributed by atoms with E-state index in [-0.39, 0.29) is 30.2 Å². The maximum Gasteiger partial charge on any atom is 0.235 e. The van der Waals surface area contributed by atoms with Gasteiger partial charge in [-0.15, -0.1) is 0 Å². The minimum absolute atomic E-state index is 0.0293. The third-order valence-corrected chi connectivity index (χ3v) is 3.49. The molecule has 0 saturated heterocycles. The van der Waals surface area contributed by atoms with Crippen molar-refractivity contribution in [3.8, 4) is 0 Å². The summed E-state index contributed by atoms with van der Waals surface area (Å²) in [7, 11) is 0. The van der Waals surface area contributed by atoms with Gasteiger partial charge in [0.1, 0.15) is 11.2 Å². The molecule has 0 aliphatic carbocycles. The Kier molecular flexibility index (Phi) is 5.88. The van der Waals surface area contributed by atoms with Crippen LogP contribution in [0.2, 0.25) is 0 Å². The van der Waals surface area contributed by atoms with Crippen LogP contribution in [0.5, 0.6) is 0 Å². The lowest BCUT2D eigenvalue weighted by molar-refractivity contribution is -0.141. The molecular weight excluding hydrogens is 271 g/mol. The van der Waals surface area contributed by atoms with Gasteiger partial charge in [-0.1, -0.05) is 19.1 Å². The summed E-state index contributed by atoms with van der Waals surface area (Å²) in [6.07, 6.45) is 0.805. The van der Waals surface area contributed by atoms with Crippen LogP contribution in [0.15, 0.2) is 24.3 Å². The lowest BCUT2D eigenvalue weighted by Crippen LogP contribution is -2.49. The second-order valence-electron chi connectivity index (χ2n) is 5.72. The van der Waals surface area contributed by atoms with Gasteiger partial charge in [-0.3, -0.25) is 9.59 Å². The highest BCUT2D eigenvalue weighted by Gasteiger charge is 2.36. The molecular formula is C16H23FN2O2. The summed E-state index contributed by atoms with van der Waals surface area (Å²) in [5.74, 6) is -0.973. The zero-order valence-corrected chi connectivity index (χ0v) is 13.0. The Bertz CT molecular complexity index is 498. The molecule has 0 bridgehead atoms. The fourth-order valence-electron chi connectivity index (χ4n) is 1.61. The average Bonchev–Trinajstić information content (AvgIpc) is 2.45. The monoisotopic (exact) mass is 294 g/mol. The van der Waals surface area contributed by atoms with Crippen LogP contribution in [0.25, 0.3) is 0 Å². The van der Waals surface area contributed by atoms with Gasteiger partial charge in [0, 0.05) is 12.6 Å². The zero-order valence-electron chi connectivity index (χ0n) is 13.0. The average molecular weight is 294 g/mol. The highest BCUT2D eigenvalue weighted by atomic mass is 19.1. The molecule has 0 aromatic heterocycles. The van der Waals surface area contributed by atoms with Gasteiger partial charge in [-0.05, 0) is 44.9 Å². The van der Waals surface area contributed by atoms with E-state index >= 15 is 0 Å². The SMILES string of the molecule is CCC(C)NC(=O)C(C)(C)C(=O)NCc1ccc(F)cc1. The van der Waals surface area contributed by atoms with Crippen molar-refractivity contribution >= 4 is 11.8 Å². The molecule has 21 heavy (non-hydrogen) atoms. The normalized spacial score (nSPS) is 12.6. The third kappa shape index (κ3) is 4.85. The second kappa shape index (κ2) is 7.20. The Morgan fingerprint density at radius 1 is 1.19 bits per heavy atom. The Morgan fingerprint density at radius 3 is 2.29 bits per heavy atom. The highest BCUT2D eigenvalue weighted by molar-refractivity contribution is 6.04. The summed E-state index contributed by atoms with van der Waals surface area (Å²) in [5, 5.41) is 5.52. The number of hydrogen-bond donors (Lipinski definition) is 2. The number of rotatable bonds is 6. The first-order valence-corrected chi connectivity index (χ1v) is 7.11. The molecule has 4 nitrogen and oxygen atoms in total. The molecule has 1 aromatic carbocycles. The molecule has 1 aromatic rings. The Morgan fingerprint density at radius 2 is 1.76 bits per heavy atom. The predicted molar refractivity (Wildman–Crippen MR) is 79.9 cm³/mol. The van der Waals surface area contributed by atoms with Crippen molar-refractivity contribution in [1.82, 2.24) is 10.6 Å². The van der Waals surface area contributed by atoms with Crippen LogP contribution >= 0.6 is 0 Å². The molecule has 0 fully saturated rings. The maximum atomic E-state index is 12.8. The zero-order chi connectivity index (χ0) is 16.0. The van der Waals surface area contributed by atoms with Crippen molar-refractivity contribution in [2.24, 2.45) is 5.41 Å². The first-order chi connectivity index (χ1) is 9.77. The van der Waals surface area contributed by atoms with Crippen molar-refractivity contribution in [2.75, 3.05) is 0 Å². The van der Waals surface area contributed by atoms with Crippen LogP contribution in [0.3, 0.4) is 0 Å². The van der Waals surface area contributed by atoms with Gasteiger partial charge >= 0.3 is 0 Å². The Labute approximate surface area is 125 Å². The third-order valence-electron chi connectivity index (χ3n) is 3.49. The number of carbonyl (C=O) groups excluding carboxylic acids is 2. The van der Waals surface area contributed by atoms with Crippen molar-refractivity contribution < 1.29 is 14.0 Å². The van der Waals surface area contributed by atoms with E-state index in [9.17, 15) is 14.0 Å². The van der Waals surface area contributed by atoms with Crippen molar-refractivity contribution in [3.05, 3.63) is 35.6 Å². The maximum absolute atomic E-state index is 12.8. The van der Waals surface area contributed by atoms with E-state index in [0.717, 1.165) is 12.0 Å². The van der Waals surface area contributed by atoms with Gasteiger partial charge in [0.05, 0.1) is 0 Å². The summed E-state index contributed by atoms with van der Waals surface area (Å²) in [6, 6.07) is 5.90. The van der Waals surface area contributed by atoms with Crippen molar-refractivity contribution in [1.29, 1.82) is 0 Å². The standard InChI is InChI=1S/C16H23FN2O2/c1-5-11(2)19-15(21)16(3,4)14(20)18-10-12-6-8-13(17)9-7-12/h6-9,11H,5,10H2,1-4H3,(H,18,20)(H,19,21). The number of carbonyl (C=O) groups is 2. The van der Waals surface area contributed by atoms with Crippen LogP contribution in [-0.4, -0.2) is 17.9 Å². The molecule has 1 atom stereocenters. The van der Waals surface area contributed by atoms with Gasteiger partial charge in [0.2, 0.25) is 11.8 Å². The molecule has 0 radical (unpaired) electrons. The summed E-state index contributed by atoms with van der Waals surface area (Å²) >= 11 is 0. The van der Waals surface area contributed by atoms with E-state index in [4.69, 9.17) is 0 Å². The predicted octanol–water partition coefficient (Wildman–Crippen LogP) is 2.38. The van der Waals surface area contributed by atoms with Crippen LogP contribution in [0, 0.1) is 11.2 Å². The molecule has 0 spiro atoms. The molecule has 1 rings (SSSR count). The van der Waals surface area contributed by atoms with Crippen LogP contribution in [0.4, 0.5) is 4.39 Å². The van der Waals surface area contributed by atoms with Crippen LogP contribution in [-0.2, 0) is 16.1 Å². The van der Waals surface area contributed by atoms with Crippen molar-refractivity contribution in [3.63, 3.8) is 0 Å².